The van der Waals surface area contributed by atoms with Crippen molar-refractivity contribution in [2.75, 3.05) is 54.8 Å². The van der Waals surface area contributed by atoms with Crippen LogP contribution in [0.25, 0.3) is 44.1 Å². The second kappa shape index (κ2) is 29.0. The van der Waals surface area contributed by atoms with Crippen molar-refractivity contribution >= 4 is 33.7 Å². The van der Waals surface area contributed by atoms with Gasteiger partial charge in [0.15, 0.2) is 34.8 Å². The quantitative estimate of drug-likeness (QED) is 0.0223. The number of aromatic carboxylic acids is 1. The molecular weight excluding hydrogens is 1160 g/mol. The van der Waals surface area contributed by atoms with Crippen molar-refractivity contribution in [1.29, 1.82) is 0 Å². The molecule has 2 saturated heterocycles. The van der Waals surface area contributed by atoms with E-state index in [9.17, 15) is 24.3 Å². The number of amides is 1. The van der Waals surface area contributed by atoms with Crippen molar-refractivity contribution in [1.82, 2.24) is 29.7 Å². The number of aromatic nitrogens is 4. The molecule has 91 heavy (non-hydrogen) atoms. The third-order valence-electron chi connectivity index (χ3n) is 15.9. The van der Waals surface area contributed by atoms with Crippen molar-refractivity contribution in [2.24, 2.45) is 34.8 Å². The molecule has 4 aromatic carbocycles. The van der Waals surface area contributed by atoms with E-state index in [0.29, 0.717) is 118 Å². The van der Waals surface area contributed by atoms with Gasteiger partial charge in [0.25, 0.3) is 5.91 Å². The number of carboxylic acids is 1. The molecule has 23 nitrogen and oxygen atoms in total. The molecule has 0 saturated carbocycles. The number of fused-ring (bicyclic) bond motifs is 2. The van der Waals surface area contributed by atoms with Gasteiger partial charge in [0.1, 0.15) is 34.6 Å². The molecule has 2 aliphatic rings. The van der Waals surface area contributed by atoms with Crippen LogP contribution in [0.1, 0.15) is 63.6 Å². The van der Waals surface area contributed by atoms with E-state index in [1.165, 1.54) is 45.8 Å². The maximum absolute atomic E-state index is 14.6. The zero-order chi connectivity index (χ0) is 64.1. The van der Waals surface area contributed by atoms with Gasteiger partial charge < -0.3 is 85.7 Å². The SMILES string of the molecule is CN/C(N)=C/C=C(\N)Oc1ccnc2cc(OC)c(OC(Cc3ccc(-c4cn(CC5CCOCC5)cc(C(=O)N/C(N)=C/C=C(\N)Oc5ccnc6cc(OC)c(OC)cc56)c4=O)cc3)c3ccc(-c4cn(CC5CCOCC5)cc(C(=O)O)c4=O)cc3)cc12. The smallest absolute Gasteiger partial charge is 0.341 e. The number of pyridine rings is 4. The summed E-state index contributed by atoms with van der Waals surface area (Å²) in [4.78, 5) is 64.1. The van der Waals surface area contributed by atoms with Crippen LogP contribution in [0, 0.1) is 11.8 Å². The average Bonchev–Trinajstić information content (AvgIpc) is 0.986. The second-order valence-electron chi connectivity index (χ2n) is 21.9. The Hall–Kier alpha value is -10.8. The van der Waals surface area contributed by atoms with Gasteiger partial charge in [-0.05, 0) is 96.2 Å². The maximum atomic E-state index is 14.6. The lowest BCUT2D eigenvalue weighted by Crippen LogP contribution is -2.33. The van der Waals surface area contributed by atoms with Gasteiger partial charge in [-0.25, -0.2) is 4.79 Å². The first-order chi connectivity index (χ1) is 44.1. The zero-order valence-electron chi connectivity index (χ0n) is 50.8. The molecule has 8 aromatic rings. The van der Waals surface area contributed by atoms with E-state index in [0.717, 1.165) is 31.2 Å². The lowest BCUT2D eigenvalue weighted by molar-refractivity contribution is 0.0609. The molecule has 1 atom stereocenters. The highest BCUT2D eigenvalue weighted by atomic mass is 16.5. The van der Waals surface area contributed by atoms with Crippen molar-refractivity contribution in [3.63, 3.8) is 0 Å². The Balaban J connectivity index is 0.964. The van der Waals surface area contributed by atoms with E-state index in [2.05, 4.69) is 20.6 Å². The highest BCUT2D eigenvalue weighted by molar-refractivity contribution is 5.96. The monoisotopic (exact) mass is 1240 g/mol. The summed E-state index contributed by atoms with van der Waals surface area (Å²) in [5.41, 5.74) is 27.4. The van der Waals surface area contributed by atoms with Crippen LogP contribution in [0.15, 0.2) is 179 Å². The Morgan fingerprint density at radius 1 is 0.604 bits per heavy atom. The molecule has 2 fully saturated rings. The second-order valence-corrected chi connectivity index (χ2v) is 21.9. The van der Waals surface area contributed by atoms with Gasteiger partial charge >= 0.3 is 5.97 Å². The molecule has 472 valence electrons. The fraction of sp³-hybridized carbons (Fsp3) is 0.265. The van der Waals surface area contributed by atoms with E-state index in [-0.39, 0.29) is 58.1 Å². The Kier molecular flexibility index (Phi) is 20.2. The van der Waals surface area contributed by atoms with Crippen molar-refractivity contribution in [3.05, 3.63) is 213 Å². The summed E-state index contributed by atoms with van der Waals surface area (Å²) >= 11 is 0. The van der Waals surface area contributed by atoms with Crippen LogP contribution in [0.5, 0.6) is 34.5 Å². The maximum Gasteiger partial charge on any atom is 0.341 e. The summed E-state index contributed by atoms with van der Waals surface area (Å²) in [5, 5.41) is 16.8. The van der Waals surface area contributed by atoms with Gasteiger partial charge in [-0.15, -0.1) is 0 Å². The number of ether oxygens (including phenoxy) is 8. The molecule has 1 amide bonds. The van der Waals surface area contributed by atoms with Crippen molar-refractivity contribution in [3.8, 4) is 56.8 Å². The third kappa shape index (κ3) is 15.4. The molecule has 1 unspecified atom stereocenters. The lowest BCUT2D eigenvalue weighted by Gasteiger charge is -2.24. The Labute approximate surface area is 524 Å². The van der Waals surface area contributed by atoms with Crippen LogP contribution in [0.3, 0.4) is 0 Å². The van der Waals surface area contributed by atoms with Crippen LogP contribution in [-0.4, -0.2) is 90.9 Å². The Morgan fingerprint density at radius 2 is 1.07 bits per heavy atom. The molecule has 11 N–H and O–H groups in total. The Bertz CT molecular complexity index is 4230. The largest absolute Gasteiger partial charge is 0.493 e. The number of nitrogens with two attached hydrogens (primary N) is 4. The number of benzene rings is 4. The Morgan fingerprint density at radius 3 is 1.57 bits per heavy atom. The first kappa shape index (κ1) is 63.2. The minimum Gasteiger partial charge on any atom is -0.493 e. The van der Waals surface area contributed by atoms with Crippen LogP contribution in [0.2, 0.25) is 0 Å². The topological polar surface area (TPSA) is 326 Å². The van der Waals surface area contributed by atoms with E-state index in [1.807, 2.05) is 41.0 Å². The fourth-order valence-corrected chi connectivity index (χ4v) is 10.9. The van der Waals surface area contributed by atoms with E-state index in [4.69, 9.17) is 60.8 Å². The molecule has 10 rings (SSSR count). The predicted molar refractivity (Wildman–Crippen MR) is 343 cm³/mol. The molecule has 0 bridgehead atoms. The highest BCUT2D eigenvalue weighted by Gasteiger charge is 2.25. The standard InChI is InChI=1S/C68H72N10O13/c1-73-61(69)13-15-63(71)91-55-18-24-75-53-33-59(86-4)60(31-47(53)55)89-56(45-11-9-44(10-12-45)49-37-78(35-42-21-27-88-28-22-42)39-51(66(49)80)68(82)83)29-40-5-7-43(8-6-40)48-36-77(34-41-19-25-87-26-20-41)38-50(65(48)79)67(81)76-62(70)14-16-64(72)90-54-17-23-74-52-32-58(85-3)57(84-2)30-46(52)54/h5-18,23-24,30-33,36-39,41-42,56,73H,19-22,25-29,34-35,69-72H2,1-4H3,(H,76,81)(H,82,83)/b61-13+,62-14+,63-15+,64-16+. The molecular formula is C68H72N10O13. The van der Waals surface area contributed by atoms with Crippen LogP contribution in [-0.2, 0) is 29.0 Å². The lowest BCUT2D eigenvalue weighted by atomic mass is 9.96. The molecule has 6 heterocycles. The van der Waals surface area contributed by atoms with Crippen LogP contribution < -0.4 is 72.8 Å². The van der Waals surface area contributed by atoms with Gasteiger partial charge in [0, 0.05) is 136 Å². The van der Waals surface area contributed by atoms with Crippen LogP contribution >= 0.6 is 0 Å². The molecule has 0 radical (unpaired) electrons. The summed E-state index contributed by atoms with van der Waals surface area (Å²) in [7, 11) is 6.25. The number of nitrogens with one attached hydrogen (secondary N) is 2. The van der Waals surface area contributed by atoms with Crippen LogP contribution in [0.4, 0.5) is 0 Å². The minimum atomic E-state index is -1.32. The number of carbonyl (C=O) groups is 2. The summed E-state index contributed by atoms with van der Waals surface area (Å²) in [6, 6.07) is 24.8. The third-order valence-corrected chi connectivity index (χ3v) is 15.9. The summed E-state index contributed by atoms with van der Waals surface area (Å²) < 4.78 is 50.7. The molecule has 4 aromatic heterocycles. The first-order valence-corrected chi connectivity index (χ1v) is 29.5. The zero-order valence-corrected chi connectivity index (χ0v) is 50.8. The van der Waals surface area contributed by atoms with Gasteiger partial charge in [0.2, 0.25) is 10.9 Å². The van der Waals surface area contributed by atoms with E-state index in [1.54, 1.807) is 97.2 Å². The van der Waals surface area contributed by atoms with E-state index >= 15 is 0 Å². The predicted octanol–water partition coefficient (Wildman–Crippen LogP) is 7.99. The first-order valence-electron chi connectivity index (χ1n) is 29.5. The normalized spacial score (nSPS) is 14.8. The number of carboxylic acid groups (broad SMARTS) is 1. The minimum absolute atomic E-state index is 0.0563. The van der Waals surface area contributed by atoms with Crippen molar-refractivity contribution < 1.29 is 52.6 Å². The number of methoxy groups -OCH3 is 3. The average molecular weight is 1240 g/mol. The fourth-order valence-electron chi connectivity index (χ4n) is 10.9. The number of hydrogen-bond donors (Lipinski definition) is 7. The summed E-state index contributed by atoms with van der Waals surface area (Å²) in [5.74, 6) is 1.09. The molecule has 23 heteroatoms. The summed E-state index contributed by atoms with van der Waals surface area (Å²) in [6.45, 7) is 3.47. The number of carbonyl (C=O) groups excluding carboxylic acids is 1. The van der Waals surface area contributed by atoms with Crippen molar-refractivity contribution in [2.45, 2.75) is 51.3 Å². The van der Waals surface area contributed by atoms with Gasteiger partial charge in [-0.1, -0.05) is 48.5 Å². The molecule has 2 aliphatic heterocycles. The van der Waals surface area contributed by atoms with Gasteiger partial charge in [-0.3, -0.25) is 24.4 Å². The van der Waals surface area contributed by atoms with E-state index < -0.39 is 28.8 Å². The number of rotatable bonds is 24. The molecule has 0 spiro atoms. The van der Waals surface area contributed by atoms with Gasteiger partial charge in [-0.2, -0.15) is 0 Å². The molecule has 0 aliphatic carbocycles. The summed E-state index contributed by atoms with van der Waals surface area (Å²) in [6.07, 6.45) is 18.1. The highest BCUT2D eigenvalue weighted by Crippen LogP contribution is 2.40. The number of allylic oxidation sites excluding steroid dienone is 4. The number of nitrogens with zero attached hydrogens (tertiary/aromatic N) is 4. The van der Waals surface area contributed by atoms with Gasteiger partial charge in [0.05, 0.1) is 38.2 Å². The number of hydrogen-bond acceptors (Lipinski definition) is 19.